The van der Waals surface area contributed by atoms with Crippen LogP contribution in [0.1, 0.15) is 12.7 Å². The first-order valence-corrected chi connectivity index (χ1v) is 3.42. The molecule has 0 aliphatic carbocycles. The van der Waals surface area contributed by atoms with E-state index >= 15 is 0 Å². The predicted molar refractivity (Wildman–Crippen MR) is 44.0 cm³/mol. The van der Waals surface area contributed by atoms with Gasteiger partial charge in [-0.3, -0.25) is 9.97 Å². The molecule has 0 spiro atoms. The molecule has 1 rings (SSSR count). The lowest BCUT2D eigenvalue weighted by Gasteiger charge is -1.96. The van der Waals surface area contributed by atoms with E-state index in [0.29, 0.717) is 12.2 Å². The molecule has 0 saturated heterocycles. The van der Waals surface area contributed by atoms with Crippen LogP contribution in [-0.4, -0.2) is 15.0 Å². The highest BCUT2D eigenvalue weighted by atomic mass is 16.2. The average Bonchev–Trinajstić information content (AvgIpc) is 1.81. The average molecular weight is 167 g/mol. The molecule has 1 aromatic rings. The van der Waals surface area contributed by atoms with E-state index in [1.54, 1.807) is 6.92 Å². The largest absolute Gasteiger partial charge is 0.350 e. The van der Waals surface area contributed by atoms with Crippen molar-refractivity contribution in [2.45, 2.75) is 13.3 Å². The number of nitrogens with zero attached hydrogens (tertiary/aromatic N) is 1. The summed E-state index contributed by atoms with van der Waals surface area (Å²) in [6.07, 6.45) is 0.416. The molecule has 0 fully saturated rings. The monoisotopic (exact) mass is 167 g/mol. The van der Waals surface area contributed by atoms with E-state index in [9.17, 15) is 9.59 Å². The minimum absolute atomic E-state index is 0.344. The van der Waals surface area contributed by atoms with Crippen LogP contribution in [0.15, 0.2) is 21.7 Å². The number of nitrogens with one attached hydrogen (secondary N) is 2. The van der Waals surface area contributed by atoms with Crippen molar-refractivity contribution in [3.05, 3.63) is 38.9 Å². The van der Waals surface area contributed by atoms with Crippen LogP contribution in [0.2, 0.25) is 0 Å². The van der Waals surface area contributed by atoms with Gasteiger partial charge in [-0.1, -0.05) is 12.2 Å². The number of allylic oxidation sites excluding steroid dienone is 1. The van der Waals surface area contributed by atoms with E-state index in [1.807, 2.05) is 4.98 Å². The van der Waals surface area contributed by atoms with Crippen molar-refractivity contribution < 1.29 is 0 Å². The van der Waals surface area contributed by atoms with Gasteiger partial charge in [0.05, 0.1) is 0 Å². The zero-order chi connectivity index (χ0) is 9.14. The Bertz CT molecular complexity index is 373. The van der Waals surface area contributed by atoms with E-state index in [0.717, 1.165) is 5.57 Å². The highest BCUT2D eigenvalue weighted by Gasteiger charge is 1.97. The van der Waals surface area contributed by atoms with Gasteiger partial charge in [0.15, 0.2) is 0 Å². The number of hydrogen-bond acceptors (Lipinski definition) is 3. The van der Waals surface area contributed by atoms with Crippen LogP contribution in [0.25, 0.3) is 0 Å². The second-order valence-corrected chi connectivity index (χ2v) is 2.58. The van der Waals surface area contributed by atoms with Gasteiger partial charge in [-0.15, -0.1) is 0 Å². The first-order chi connectivity index (χ1) is 5.58. The predicted octanol–water partition coefficient (Wildman–Crippen LogP) is -0.423. The summed E-state index contributed by atoms with van der Waals surface area (Å²) in [4.78, 5) is 29.3. The first-order valence-electron chi connectivity index (χ1n) is 3.42. The number of rotatable bonds is 2. The third-order valence-electron chi connectivity index (χ3n) is 1.18. The van der Waals surface area contributed by atoms with Crippen LogP contribution in [0.5, 0.6) is 0 Å². The summed E-state index contributed by atoms with van der Waals surface area (Å²) in [5, 5.41) is 0. The molecule has 0 unspecified atom stereocenters. The van der Waals surface area contributed by atoms with E-state index < -0.39 is 11.4 Å². The summed E-state index contributed by atoms with van der Waals surface area (Å²) in [5.41, 5.74) is -0.329. The molecule has 64 valence electrons. The van der Waals surface area contributed by atoms with Gasteiger partial charge >= 0.3 is 11.4 Å². The van der Waals surface area contributed by atoms with E-state index in [1.165, 1.54) is 0 Å². The molecule has 2 N–H and O–H groups in total. The lowest BCUT2D eigenvalue weighted by Crippen LogP contribution is -2.26. The Morgan fingerprint density at radius 2 is 2.17 bits per heavy atom. The summed E-state index contributed by atoms with van der Waals surface area (Å²) < 4.78 is 0. The van der Waals surface area contributed by atoms with Crippen LogP contribution >= 0.6 is 0 Å². The Morgan fingerprint density at radius 1 is 1.50 bits per heavy atom. The zero-order valence-corrected chi connectivity index (χ0v) is 6.68. The number of aromatic nitrogens is 3. The molecule has 0 aromatic carbocycles. The Labute approximate surface area is 68.2 Å². The van der Waals surface area contributed by atoms with Crippen molar-refractivity contribution in [1.82, 2.24) is 15.0 Å². The Kier molecular flexibility index (Phi) is 2.23. The minimum atomic E-state index is -0.630. The van der Waals surface area contributed by atoms with Crippen LogP contribution in [0.3, 0.4) is 0 Å². The van der Waals surface area contributed by atoms with Gasteiger partial charge in [0.2, 0.25) is 0 Å². The Hall–Kier alpha value is -1.65. The Morgan fingerprint density at radius 3 is 2.67 bits per heavy atom. The van der Waals surface area contributed by atoms with E-state index in [4.69, 9.17) is 0 Å². The molecule has 0 aliphatic rings. The van der Waals surface area contributed by atoms with Crippen molar-refractivity contribution in [1.29, 1.82) is 0 Å². The highest BCUT2D eigenvalue weighted by Crippen LogP contribution is 1.94. The van der Waals surface area contributed by atoms with Crippen molar-refractivity contribution >= 4 is 0 Å². The molecule has 5 heteroatoms. The van der Waals surface area contributed by atoms with Gasteiger partial charge in [-0.05, 0) is 6.92 Å². The van der Waals surface area contributed by atoms with Crippen LogP contribution in [0.4, 0.5) is 0 Å². The summed E-state index contributed by atoms with van der Waals surface area (Å²) in [6.45, 7) is 5.43. The van der Waals surface area contributed by atoms with Crippen LogP contribution in [0, 0.1) is 0 Å². The maximum absolute atomic E-state index is 10.7. The molecule has 1 heterocycles. The van der Waals surface area contributed by atoms with Crippen molar-refractivity contribution in [2.75, 3.05) is 0 Å². The van der Waals surface area contributed by atoms with E-state index in [-0.39, 0.29) is 0 Å². The fraction of sp³-hybridized carbons (Fsp3) is 0.286. The van der Waals surface area contributed by atoms with Crippen molar-refractivity contribution in [3.63, 3.8) is 0 Å². The molecule has 0 bridgehead atoms. The molecule has 0 saturated carbocycles. The fourth-order valence-corrected chi connectivity index (χ4v) is 0.807. The Balaban J connectivity index is 3.09. The number of hydrogen-bond donors (Lipinski definition) is 2. The number of H-pyrrole nitrogens is 2. The molecule has 0 aliphatic heterocycles. The molecule has 0 amide bonds. The maximum Gasteiger partial charge on any atom is 0.350 e. The summed E-state index contributed by atoms with van der Waals surface area (Å²) in [7, 11) is 0. The highest BCUT2D eigenvalue weighted by molar-refractivity contribution is 5.00. The first kappa shape index (κ1) is 8.45. The molecule has 0 atom stereocenters. The van der Waals surface area contributed by atoms with Crippen molar-refractivity contribution in [3.8, 4) is 0 Å². The quantitative estimate of drug-likeness (QED) is 0.587. The normalized spacial score (nSPS) is 9.75. The number of aromatic amines is 2. The van der Waals surface area contributed by atoms with Gasteiger partial charge in [-0.2, -0.15) is 4.98 Å². The lowest BCUT2D eigenvalue weighted by molar-refractivity contribution is 0.843. The second kappa shape index (κ2) is 3.17. The van der Waals surface area contributed by atoms with Gasteiger partial charge in [0.1, 0.15) is 5.82 Å². The van der Waals surface area contributed by atoms with Gasteiger partial charge in [0, 0.05) is 6.42 Å². The SMILES string of the molecule is C=C(C)Cc1nc(=O)[nH]c(=O)[nH]1. The third-order valence-corrected chi connectivity index (χ3v) is 1.18. The van der Waals surface area contributed by atoms with Gasteiger partial charge < -0.3 is 0 Å². The second-order valence-electron chi connectivity index (χ2n) is 2.58. The minimum Gasteiger partial charge on any atom is -0.295 e. The molecule has 5 nitrogen and oxygen atoms in total. The zero-order valence-electron chi connectivity index (χ0n) is 6.68. The molecule has 1 aromatic heterocycles. The maximum atomic E-state index is 10.7. The fourth-order valence-electron chi connectivity index (χ4n) is 0.807. The standard InChI is InChI=1S/C7H9N3O2/c1-4(2)3-5-8-6(11)10-7(12)9-5/h1,3H2,2H3,(H2,8,9,10,11,12). The molecule has 12 heavy (non-hydrogen) atoms. The molecular weight excluding hydrogens is 158 g/mol. The topological polar surface area (TPSA) is 78.6 Å². The summed E-state index contributed by atoms with van der Waals surface area (Å²) >= 11 is 0. The van der Waals surface area contributed by atoms with Crippen molar-refractivity contribution in [2.24, 2.45) is 0 Å². The van der Waals surface area contributed by atoms with E-state index in [2.05, 4.69) is 16.5 Å². The molecule has 0 radical (unpaired) electrons. The lowest BCUT2D eigenvalue weighted by atomic mass is 10.2. The van der Waals surface area contributed by atoms with Crippen LogP contribution < -0.4 is 11.4 Å². The smallest absolute Gasteiger partial charge is 0.295 e. The summed E-state index contributed by atoms with van der Waals surface area (Å²) in [6, 6.07) is 0. The van der Waals surface area contributed by atoms with Gasteiger partial charge in [-0.25, -0.2) is 9.59 Å². The van der Waals surface area contributed by atoms with Gasteiger partial charge in [0.25, 0.3) is 0 Å². The molecular formula is C7H9N3O2. The van der Waals surface area contributed by atoms with Crippen LogP contribution in [-0.2, 0) is 6.42 Å². The summed E-state index contributed by atoms with van der Waals surface area (Å²) in [5.74, 6) is 0.344. The third kappa shape index (κ3) is 2.19.